The Labute approximate surface area is 191 Å². The van der Waals surface area contributed by atoms with E-state index in [0.29, 0.717) is 38.5 Å². The van der Waals surface area contributed by atoms with Crippen LogP contribution in [0.4, 0.5) is 0 Å². The summed E-state index contributed by atoms with van der Waals surface area (Å²) in [7, 11) is 0. The lowest BCUT2D eigenvalue weighted by Gasteiger charge is -2.02. The molecular weight excluding hydrogens is 446 g/mol. The summed E-state index contributed by atoms with van der Waals surface area (Å²) < 4.78 is 13.2. The predicted octanol–water partition coefficient (Wildman–Crippen LogP) is 4.84. The van der Waals surface area contributed by atoms with Crippen molar-refractivity contribution in [3.05, 3.63) is 99.0 Å². The zero-order valence-electron chi connectivity index (χ0n) is 16.7. The summed E-state index contributed by atoms with van der Waals surface area (Å²) in [4.78, 5) is 17.9. The monoisotopic (exact) mass is 461 g/mol. The van der Waals surface area contributed by atoms with Crippen molar-refractivity contribution in [2.45, 2.75) is 0 Å². The molecule has 0 radical (unpaired) electrons. The molecule has 2 aromatic carbocycles. The molecule has 158 valence electrons. The molecule has 5 aromatic rings. The van der Waals surface area contributed by atoms with Crippen molar-refractivity contribution < 1.29 is 9.15 Å². The van der Waals surface area contributed by atoms with E-state index in [9.17, 15) is 4.79 Å². The van der Waals surface area contributed by atoms with Gasteiger partial charge < -0.3 is 9.15 Å². The highest BCUT2D eigenvalue weighted by molar-refractivity contribution is 7.15. The Morgan fingerprint density at radius 3 is 2.69 bits per heavy atom. The average molecular weight is 462 g/mol. The number of furan rings is 1. The van der Waals surface area contributed by atoms with Crippen LogP contribution in [0, 0.1) is 0 Å². The standard InChI is InChI=1S/C24H16ClN3O3S/c1-2-13-30-16-9-7-15(8-10-16)22-26-24-28(27-22)23(29)21(32-24)14-17-11-12-20(31-17)18-5-3-4-6-19(18)25/h2-12,14H,1,13H2/b21-14-. The minimum absolute atomic E-state index is 0.245. The molecule has 3 heterocycles. The van der Waals surface area contributed by atoms with E-state index in [1.807, 2.05) is 48.5 Å². The maximum absolute atomic E-state index is 12.8. The molecule has 0 unspecified atom stereocenters. The molecule has 0 saturated carbocycles. The molecule has 0 atom stereocenters. The van der Waals surface area contributed by atoms with E-state index in [0.717, 1.165) is 16.9 Å². The van der Waals surface area contributed by atoms with Crippen LogP contribution in [0.25, 0.3) is 33.7 Å². The van der Waals surface area contributed by atoms with Crippen molar-refractivity contribution in [3.8, 4) is 28.5 Å². The Kier molecular flexibility index (Phi) is 5.34. The molecular formula is C24H16ClN3O3S. The highest BCUT2D eigenvalue weighted by Gasteiger charge is 2.13. The predicted molar refractivity (Wildman–Crippen MR) is 126 cm³/mol. The zero-order chi connectivity index (χ0) is 22.1. The van der Waals surface area contributed by atoms with E-state index in [1.165, 1.54) is 15.9 Å². The summed E-state index contributed by atoms with van der Waals surface area (Å²) in [6.07, 6.45) is 3.37. The van der Waals surface area contributed by atoms with Gasteiger partial charge in [0.25, 0.3) is 5.56 Å². The SMILES string of the molecule is C=CCOc1ccc(-c2nc3s/c(=C\c4ccc(-c5ccccc5Cl)o4)c(=O)n3n2)cc1. The number of aromatic nitrogens is 3. The lowest BCUT2D eigenvalue weighted by molar-refractivity contribution is 0.363. The van der Waals surface area contributed by atoms with Crippen LogP contribution in [0.3, 0.4) is 0 Å². The van der Waals surface area contributed by atoms with Crippen LogP contribution in [0.2, 0.25) is 5.02 Å². The molecule has 0 saturated heterocycles. The van der Waals surface area contributed by atoms with Gasteiger partial charge in [-0.25, -0.2) is 0 Å². The van der Waals surface area contributed by atoms with E-state index in [2.05, 4.69) is 16.7 Å². The lowest BCUT2D eigenvalue weighted by Crippen LogP contribution is -2.23. The van der Waals surface area contributed by atoms with Gasteiger partial charge in [0.15, 0.2) is 5.82 Å². The first-order chi connectivity index (χ1) is 15.6. The number of ether oxygens (including phenoxy) is 1. The van der Waals surface area contributed by atoms with Gasteiger partial charge in [0.2, 0.25) is 4.96 Å². The molecule has 0 aliphatic heterocycles. The summed E-state index contributed by atoms with van der Waals surface area (Å²) in [5, 5.41) is 4.98. The molecule has 0 spiro atoms. The fourth-order valence-corrected chi connectivity index (χ4v) is 4.29. The number of hydrogen-bond acceptors (Lipinski definition) is 6. The summed E-state index contributed by atoms with van der Waals surface area (Å²) in [5.41, 5.74) is 1.35. The Bertz CT molecular complexity index is 1530. The van der Waals surface area contributed by atoms with Crippen molar-refractivity contribution in [3.63, 3.8) is 0 Å². The third-order valence-electron chi connectivity index (χ3n) is 4.70. The summed E-state index contributed by atoms with van der Waals surface area (Å²) >= 11 is 7.50. The topological polar surface area (TPSA) is 69.6 Å². The molecule has 3 aromatic heterocycles. The van der Waals surface area contributed by atoms with Gasteiger partial charge in [-0.05, 0) is 48.5 Å². The second-order valence-corrected chi connectivity index (χ2v) is 8.27. The zero-order valence-corrected chi connectivity index (χ0v) is 18.3. The third kappa shape index (κ3) is 3.84. The molecule has 0 aliphatic rings. The highest BCUT2D eigenvalue weighted by atomic mass is 35.5. The van der Waals surface area contributed by atoms with Crippen LogP contribution in [0.1, 0.15) is 5.76 Å². The Hall–Kier alpha value is -3.68. The molecule has 8 heteroatoms. The van der Waals surface area contributed by atoms with Gasteiger partial charge in [-0.15, -0.1) is 5.10 Å². The van der Waals surface area contributed by atoms with Crippen molar-refractivity contribution in [2.75, 3.05) is 6.61 Å². The smallest absolute Gasteiger partial charge is 0.291 e. The molecule has 32 heavy (non-hydrogen) atoms. The summed E-state index contributed by atoms with van der Waals surface area (Å²) in [6, 6.07) is 18.4. The van der Waals surface area contributed by atoms with Crippen LogP contribution in [0.15, 0.2) is 82.5 Å². The van der Waals surface area contributed by atoms with E-state index in [-0.39, 0.29) is 5.56 Å². The maximum Gasteiger partial charge on any atom is 0.291 e. The van der Waals surface area contributed by atoms with Crippen LogP contribution < -0.4 is 14.8 Å². The average Bonchev–Trinajstić information content (AvgIpc) is 3.51. The second-order valence-electron chi connectivity index (χ2n) is 6.85. The second kappa shape index (κ2) is 8.45. The quantitative estimate of drug-likeness (QED) is 0.338. The van der Waals surface area contributed by atoms with Gasteiger partial charge >= 0.3 is 0 Å². The van der Waals surface area contributed by atoms with Crippen LogP contribution >= 0.6 is 22.9 Å². The number of fused-ring (bicyclic) bond motifs is 1. The highest BCUT2D eigenvalue weighted by Crippen LogP contribution is 2.29. The van der Waals surface area contributed by atoms with Crippen molar-refractivity contribution in [1.29, 1.82) is 0 Å². The van der Waals surface area contributed by atoms with Crippen LogP contribution in [-0.2, 0) is 0 Å². The first-order valence-corrected chi connectivity index (χ1v) is 10.9. The minimum atomic E-state index is -0.245. The number of thiazole rings is 1. The molecule has 6 nitrogen and oxygen atoms in total. The van der Waals surface area contributed by atoms with Crippen molar-refractivity contribution >= 4 is 34.0 Å². The van der Waals surface area contributed by atoms with Gasteiger partial charge in [0, 0.05) is 17.2 Å². The molecule has 5 rings (SSSR count). The fourth-order valence-electron chi connectivity index (χ4n) is 3.18. The van der Waals surface area contributed by atoms with E-state index in [1.54, 1.807) is 24.3 Å². The first kappa shape index (κ1) is 20.2. The van der Waals surface area contributed by atoms with Crippen LogP contribution in [0.5, 0.6) is 5.75 Å². The van der Waals surface area contributed by atoms with Gasteiger partial charge in [-0.2, -0.15) is 9.50 Å². The molecule has 0 aliphatic carbocycles. The Morgan fingerprint density at radius 1 is 1.12 bits per heavy atom. The van der Waals surface area contributed by atoms with Crippen molar-refractivity contribution in [2.24, 2.45) is 0 Å². The summed E-state index contributed by atoms with van der Waals surface area (Å²) in [5.74, 6) is 2.40. The van der Waals surface area contributed by atoms with Gasteiger partial charge in [-0.1, -0.05) is 47.7 Å². The lowest BCUT2D eigenvalue weighted by atomic mass is 10.2. The number of nitrogens with zero attached hydrogens (tertiary/aromatic N) is 3. The molecule has 0 amide bonds. The number of halogens is 1. The minimum Gasteiger partial charge on any atom is -0.490 e. The normalized spacial score (nSPS) is 11.8. The fraction of sp³-hybridized carbons (Fsp3) is 0.0417. The number of hydrogen-bond donors (Lipinski definition) is 0. The largest absolute Gasteiger partial charge is 0.490 e. The van der Waals surface area contributed by atoms with Crippen molar-refractivity contribution in [1.82, 2.24) is 14.6 Å². The molecule has 0 N–H and O–H groups in total. The van der Waals surface area contributed by atoms with E-state index >= 15 is 0 Å². The van der Waals surface area contributed by atoms with E-state index in [4.69, 9.17) is 20.8 Å². The van der Waals surface area contributed by atoms with E-state index < -0.39 is 0 Å². The van der Waals surface area contributed by atoms with Gasteiger partial charge in [0.05, 0.1) is 5.02 Å². The Balaban J connectivity index is 1.45. The number of rotatable bonds is 6. The van der Waals surface area contributed by atoms with Gasteiger partial charge in [-0.3, -0.25) is 4.79 Å². The van der Waals surface area contributed by atoms with Gasteiger partial charge in [0.1, 0.15) is 28.4 Å². The maximum atomic E-state index is 12.8. The Morgan fingerprint density at radius 2 is 1.94 bits per heavy atom. The third-order valence-corrected chi connectivity index (χ3v) is 5.99. The summed E-state index contributed by atoms with van der Waals surface area (Å²) in [6.45, 7) is 4.07. The molecule has 0 fully saturated rings. The first-order valence-electron chi connectivity index (χ1n) is 9.72. The molecule has 0 bridgehead atoms. The van der Waals surface area contributed by atoms with Crippen LogP contribution in [-0.4, -0.2) is 21.2 Å². The number of benzene rings is 2.